The fraction of sp³-hybridized carbons (Fsp3) is 0.800. The second-order valence-electron chi connectivity index (χ2n) is 3.48. The Morgan fingerprint density at radius 3 is 2.62 bits per heavy atom. The van der Waals surface area contributed by atoms with Crippen LogP contribution < -0.4 is 11.1 Å². The van der Waals surface area contributed by atoms with Gasteiger partial charge in [-0.2, -0.15) is 0 Å². The van der Waals surface area contributed by atoms with E-state index in [-0.39, 0.29) is 18.4 Å². The molecule has 0 saturated heterocycles. The Balaban J connectivity index is 3.89. The quantitative estimate of drug-likeness (QED) is 0.547. The van der Waals surface area contributed by atoms with Gasteiger partial charge in [-0.25, -0.2) is 0 Å². The first kappa shape index (κ1) is 14.9. The fourth-order valence-electron chi connectivity index (χ4n) is 1.08. The van der Waals surface area contributed by atoms with Crippen molar-refractivity contribution in [1.82, 2.24) is 10.2 Å². The zero-order chi connectivity index (χ0) is 12.6. The number of ether oxygens (including phenoxy) is 1. The molecule has 0 rings (SSSR count). The number of hydrogen-bond donors (Lipinski definition) is 2. The van der Waals surface area contributed by atoms with Crippen molar-refractivity contribution in [1.29, 1.82) is 0 Å². The van der Waals surface area contributed by atoms with Gasteiger partial charge in [0.1, 0.15) is 12.6 Å². The van der Waals surface area contributed by atoms with E-state index in [0.29, 0.717) is 19.7 Å². The van der Waals surface area contributed by atoms with Gasteiger partial charge in [-0.15, -0.1) is 0 Å². The van der Waals surface area contributed by atoms with Crippen LogP contribution in [0.1, 0.15) is 13.8 Å². The minimum Gasteiger partial charge on any atom is -0.370 e. The van der Waals surface area contributed by atoms with Crippen molar-refractivity contribution in [2.24, 2.45) is 5.73 Å². The van der Waals surface area contributed by atoms with Gasteiger partial charge < -0.3 is 20.7 Å². The third kappa shape index (κ3) is 5.67. The number of nitrogens with two attached hydrogens (primary N) is 1. The molecule has 0 aromatic rings. The Kier molecular flexibility index (Phi) is 7.49. The third-order valence-corrected chi connectivity index (χ3v) is 2.09. The number of nitrogens with zero attached hydrogens (tertiary/aromatic N) is 1. The monoisotopic (exact) mass is 231 g/mol. The number of likely N-dealkylation sites (N-methyl/N-ethyl adjacent to an activating group) is 1. The highest BCUT2D eigenvalue weighted by molar-refractivity contribution is 5.87. The van der Waals surface area contributed by atoms with Crippen molar-refractivity contribution in [3.63, 3.8) is 0 Å². The van der Waals surface area contributed by atoms with Crippen LogP contribution in [0.15, 0.2) is 0 Å². The average Bonchev–Trinajstić information content (AvgIpc) is 2.27. The van der Waals surface area contributed by atoms with Gasteiger partial charge in [0, 0.05) is 20.1 Å². The minimum absolute atomic E-state index is 0.0648. The maximum Gasteiger partial charge on any atom is 0.246 e. The van der Waals surface area contributed by atoms with Crippen molar-refractivity contribution in [3.05, 3.63) is 0 Å². The molecule has 1 unspecified atom stereocenters. The largest absolute Gasteiger partial charge is 0.370 e. The molecule has 3 N–H and O–H groups in total. The van der Waals surface area contributed by atoms with Crippen LogP contribution in [0.5, 0.6) is 0 Å². The molecular formula is C10H21N3O3. The summed E-state index contributed by atoms with van der Waals surface area (Å²) in [7, 11) is 1.69. The third-order valence-electron chi connectivity index (χ3n) is 2.09. The number of amides is 2. The van der Waals surface area contributed by atoms with Gasteiger partial charge in [0.05, 0.1) is 6.61 Å². The van der Waals surface area contributed by atoms with E-state index in [1.54, 1.807) is 18.9 Å². The summed E-state index contributed by atoms with van der Waals surface area (Å²) in [6.07, 6.45) is 0. The first-order valence-corrected chi connectivity index (χ1v) is 5.35. The Morgan fingerprint density at radius 1 is 1.50 bits per heavy atom. The van der Waals surface area contributed by atoms with Crippen LogP contribution in [0.4, 0.5) is 0 Å². The Labute approximate surface area is 96.1 Å². The molecule has 6 heteroatoms. The van der Waals surface area contributed by atoms with E-state index in [1.165, 1.54) is 0 Å². The van der Waals surface area contributed by atoms with Crippen LogP contribution in [-0.2, 0) is 14.3 Å². The number of nitrogens with one attached hydrogen (secondary N) is 1. The van der Waals surface area contributed by atoms with Gasteiger partial charge in [0.25, 0.3) is 0 Å². The van der Waals surface area contributed by atoms with Crippen LogP contribution in [0.2, 0.25) is 0 Å². The highest BCUT2D eigenvalue weighted by Gasteiger charge is 2.17. The zero-order valence-electron chi connectivity index (χ0n) is 10.2. The maximum atomic E-state index is 11.6. The van der Waals surface area contributed by atoms with Crippen molar-refractivity contribution in [2.45, 2.75) is 19.9 Å². The minimum atomic E-state index is -0.529. The molecule has 0 aromatic heterocycles. The van der Waals surface area contributed by atoms with Crippen LogP contribution in [0.25, 0.3) is 0 Å². The van der Waals surface area contributed by atoms with E-state index in [0.717, 1.165) is 0 Å². The highest BCUT2D eigenvalue weighted by Crippen LogP contribution is 1.91. The van der Waals surface area contributed by atoms with E-state index in [4.69, 9.17) is 10.5 Å². The molecule has 94 valence electrons. The number of carbonyl (C=O) groups is 2. The molecule has 0 aliphatic heterocycles. The molecule has 0 fully saturated rings. The summed E-state index contributed by atoms with van der Waals surface area (Å²) >= 11 is 0. The van der Waals surface area contributed by atoms with Crippen LogP contribution in [-0.4, -0.2) is 56.1 Å². The van der Waals surface area contributed by atoms with Crippen LogP contribution >= 0.6 is 0 Å². The summed E-state index contributed by atoms with van der Waals surface area (Å²) in [6.45, 7) is 4.78. The van der Waals surface area contributed by atoms with Gasteiger partial charge in [-0.3, -0.25) is 9.59 Å². The van der Waals surface area contributed by atoms with Gasteiger partial charge in [-0.1, -0.05) is 0 Å². The maximum absolute atomic E-state index is 11.6. The predicted molar refractivity (Wildman–Crippen MR) is 60.8 cm³/mol. The lowest BCUT2D eigenvalue weighted by Crippen LogP contribution is -2.46. The summed E-state index contributed by atoms with van der Waals surface area (Å²) in [6, 6.07) is -0.529. The lowest BCUT2D eigenvalue weighted by Gasteiger charge is -2.20. The Hall–Kier alpha value is -1.14. The van der Waals surface area contributed by atoms with E-state index in [2.05, 4.69) is 5.32 Å². The molecule has 6 nitrogen and oxygen atoms in total. The lowest BCUT2D eigenvalue weighted by molar-refractivity contribution is -0.136. The molecule has 1 atom stereocenters. The second-order valence-corrected chi connectivity index (χ2v) is 3.48. The van der Waals surface area contributed by atoms with Crippen molar-refractivity contribution >= 4 is 11.8 Å². The normalized spacial score (nSPS) is 12.0. The summed E-state index contributed by atoms with van der Waals surface area (Å²) in [5.41, 5.74) is 5.20. The van der Waals surface area contributed by atoms with Crippen LogP contribution in [0.3, 0.4) is 0 Å². The van der Waals surface area contributed by atoms with Gasteiger partial charge in [0.15, 0.2) is 0 Å². The average molecular weight is 231 g/mol. The van der Waals surface area contributed by atoms with E-state index >= 15 is 0 Å². The van der Waals surface area contributed by atoms with Crippen LogP contribution in [0, 0.1) is 0 Å². The van der Waals surface area contributed by atoms with Gasteiger partial charge in [-0.05, 0) is 13.8 Å². The van der Waals surface area contributed by atoms with E-state index in [9.17, 15) is 9.59 Å². The second kappa shape index (κ2) is 8.06. The molecule has 2 amide bonds. The molecule has 0 radical (unpaired) electrons. The number of carbonyl (C=O) groups excluding carboxylic acids is 2. The SMILES string of the molecule is CCN(C)C(=O)C(C)NC(=O)COCCN. The van der Waals surface area contributed by atoms with Gasteiger partial charge >= 0.3 is 0 Å². The Morgan fingerprint density at radius 2 is 2.12 bits per heavy atom. The molecular weight excluding hydrogens is 210 g/mol. The number of rotatable bonds is 7. The smallest absolute Gasteiger partial charge is 0.246 e. The summed E-state index contributed by atoms with van der Waals surface area (Å²) in [5, 5.41) is 2.56. The molecule has 0 aromatic carbocycles. The molecule has 0 aliphatic rings. The van der Waals surface area contributed by atoms with Crippen molar-refractivity contribution in [2.75, 3.05) is 33.4 Å². The predicted octanol–water partition coefficient (Wildman–Crippen LogP) is -1.06. The molecule has 0 bridgehead atoms. The molecule has 0 heterocycles. The summed E-state index contributed by atoms with van der Waals surface area (Å²) in [5.74, 6) is -0.423. The number of hydrogen-bond acceptors (Lipinski definition) is 4. The van der Waals surface area contributed by atoms with Gasteiger partial charge in [0.2, 0.25) is 11.8 Å². The first-order chi connectivity index (χ1) is 7.52. The first-order valence-electron chi connectivity index (χ1n) is 5.35. The molecule has 0 aliphatic carbocycles. The standard InChI is InChI=1S/C10H21N3O3/c1-4-13(3)10(15)8(2)12-9(14)7-16-6-5-11/h8H,4-7,11H2,1-3H3,(H,12,14). The molecule has 16 heavy (non-hydrogen) atoms. The summed E-state index contributed by atoms with van der Waals surface area (Å²) in [4.78, 5) is 24.4. The van der Waals surface area contributed by atoms with Crippen molar-refractivity contribution < 1.29 is 14.3 Å². The fourth-order valence-corrected chi connectivity index (χ4v) is 1.08. The van der Waals surface area contributed by atoms with Crippen molar-refractivity contribution in [3.8, 4) is 0 Å². The molecule has 0 saturated carbocycles. The molecule has 0 spiro atoms. The Bertz CT molecular complexity index is 233. The van der Waals surface area contributed by atoms with E-state index in [1.807, 2.05) is 6.92 Å². The topological polar surface area (TPSA) is 84.7 Å². The highest BCUT2D eigenvalue weighted by atomic mass is 16.5. The summed E-state index contributed by atoms with van der Waals surface area (Å²) < 4.78 is 4.95. The lowest BCUT2D eigenvalue weighted by atomic mass is 10.3. The van der Waals surface area contributed by atoms with E-state index < -0.39 is 6.04 Å². The zero-order valence-corrected chi connectivity index (χ0v) is 10.2.